The van der Waals surface area contributed by atoms with Crippen LogP contribution in [-0.2, 0) is 4.74 Å². The number of ether oxygens (including phenoxy) is 1. The second-order valence-electron chi connectivity index (χ2n) is 2.38. The van der Waals surface area contributed by atoms with Gasteiger partial charge in [-0.05, 0) is 22.0 Å². The first-order valence-electron chi connectivity index (χ1n) is 3.62. The molecule has 0 radical (unpaired) electrons. The number of halogens is 2. The molecule has 0 amide bonds. The molecule has 0 spiro atoms. The van der Waals surface area contributed by atoms with E-state index in [1.165, 1.54) is 19.2 Å². The van der Waals surface area contributed by atoms with Crippen molar-refractivity contribution in [2.24, 2.45) is 0 Å². The normalized spacial score (nSPS) is 12.2. The zero-order valence-electron chi connectivity index (χ0n) is 6.96. The maximum absolute atomic E-state index is 12.9. The molecule has 4 heteroatoms. The SMILES string of the molecule is COC(=O)c1ccccc1C(F)Br. The van der Waals surface area contributed by atoms with Crippen LogP contribution in [0.4, 0.5) is 4.39 Å². The van der Waals surface area contributed by atoms with Gasteiger partial charge in [0.15, 0.2) is 5.08 Å². The van der Waals surface area contributed by atoms with Gasteiger partial charge in [0, 0.05) is 5.56 Å². The van der Waals surface area contributed by atoms with Crippen LogP contribution in [0.1, 0.15) is 21.0 Å². The van der Waals surface area contributed by atoms with Crippen LogP contribution in [0.15, 0.2) is 24.3 Å². The fourth-order valence-electron chi connectivity index (χ4n) is 0.983. The van der Waals surface area contributed by atoms with E-state index < -0.39 is 11.1 Å². The summed E-state index contributed by atoms with van der Waals surface area (Å²) >= 11 is 2.76. The summed E-state index contributed by atoms with van der Waals surface area (Å²) in [6.45, 7) is 0. The van der Waals surface area contributed by atoms with Crippen LogP contribution >= 0.6 is 15.9 Å². The Balaban J connectivity index is 3.12. The first kappa shape index (κ1) is 10.2. The molecule has 70 valence electrons. The molecule has 0 aliphatic carbocycles. The molecular formula is C9H8BrFO2. The predicted molar refractivity (Wildman–Crippen MR) is 50.6 cm³/mol. The number of hydrogen-bond donors (Lipinski definition) is 0. The van der Waals surface area contributed by atoms with E-state index in [-0.39, 0.29) is 11.1 Å². The van der Waals surface area contributed by atoms with Crippen molar-refractivity contribution in [3.63, 3.8) is 0 Å². The molecule has 2 nitrogen and oxygen atoms in total. The van der Waals surface area contributed by atoms with Gasteiger partial charge in [0.2, 0.25) is 0 Å². The van der Waals surface area contributed by atoms with Crippen molar-refractivity contribution >= 4 is 21.9 Å². The molecule has 0 aromatic heterocycles. The van der Waals surface area contributed by atoms with Gasteiger partial charge in [-0.15, -0.1) is 0 Å². The fourth-order valence-corrected chi connectivity index (χ4v) is 1.38. The van der Waals surface area contributed by atoms with Crippen LogP contribution < -0.4 is 0 Å². The molecule has 0 aliphatic heterocycles. The van der Waals surface area contributed by atoms with Gasteiger partial charge < -0.3 is 4.74 Å². The molecule has 0 N–H and O–H groups in total. The lowest BCUT2D eigenvalue weighted by molar-refractivity contribution is 0.0598. The summed E-state index contributed by atoms with van der Waals surface area (Å²) in [5.74, 6) is -0.530. The summed E-state index contributed by atoms with van der Waals surface area (Å²) in [6, 6.07) is 6.38. The lowest BCUT2D eigenvalue weighted by atomic mass is 10.1. The van der Waals surface area contributed by atoms with Crippen LogP contribution in [-0.4, -0.2) is 13.1 Å². The van der Waals surface area contributed by atoms with E-state index in [0.29, 0.717) is 0 Å². The van der Waals surface area contributed by atoms with Gasteiger partial charge in [0.1, 0.15) is 0 Å². The summed E-state index contributed by atoms with van der Waals surface area (Å²) in [7, 11) is 1.26. The van der Waals surface area contributed by atoms with Crippen LogP contribution in [0.25, 0.3) is 0 Å². The number of benzene rings is 1. The molecule has 1 aromatic rings. The Morgan fingerprint density at radius 1 is 1.54 bits per heavy atom. The highest BCUT2D eigenvalue weighted by molar-refractivity contribution is 9.09. The molecule has 0 saturated carbocycles. The van der Waals surface area contributed by atoms with Crippen molar-refractivity contribution in [1.82, 2.24) is 0 Å². The average molecular weight is 247 g/mol. The predicted octanol–water partition coefficient (Wildman–Crippen LogP) is 2.84. The molecule has 1 aromatic carbocycles. The molecule has 1 atom stereocenters. The molecule has 0 saturated heterocycles. The van der Waals surface area contributed by atoms with Gasteiger partial charge in [-0.2, -0.15) is 0 Å². The number of hydrogen-bond acceptors (Lipinski definition) is 2. The summed E-state index contributed by atoms with van der Waals surface area (Å²) in [5, 5.41) is -1.34. The molecule has 0 bridgehead atoms. The molecule has 0 heterocycles. The number of carbonyl (C=O) groups is 1. The van der Waals surface area contributed by atoms with Gasteiger partial charge in [-0.3, -0.25) is 0 Å². The van der Waals surface area contributed by atoms with Gasteiger partial charge in [-0.1, -0.05) is 18.2 Å². The Morgan fingerprint density at radius 2 is 2.15 bits per heavy atom. The summed E-state index contributed by atoms with van der Waals surface area (Å²) in [6.07, 6.45) is 0. The van der Waals surface area contributed by atoms with E-state index in [4.69, 9.17) is 0 Å². The third kappa shape index (κ3) is 2.28. The van der Waals surface area contributed by atoms with E-state index >= 15 is 0 Å². The van der Waals surface area contributed by atoms with Crippen molar-refractivity contribution in [1.29, 1.82) is 0 Å². The largest absolute Gasteiger partial charge is 0.465 e. The monoisotopic (exact) mass is 246 g/mol. The van der Waals surface area contributed by atoms with Crippen LogP contribution in [0.3, 0.4) is 0 Å². The Bertz CT molecular complexity index is 312. The van der Waals surface area contributed by atoms with E-state index in [1.807, 2.05) is 0 Å². The number of methoxy groups -OCH3 is 1. The van der Waals surface area contributed by atoms with Crippen LogP contribution in [0, 0.1) is 0 Å². The second-order valence-corrected chi connectivity index (χ2v) is 3.18. The smallest absolute Gasteiger partial charge is 0.338 e. The van der Waals surface area contributed by atoms with Crippen molar-refractivity contribution in [2.45, 2.75) is 5.08 Å². The topological polar surface area (TPSA) is 26.3 Å². The van der Waals surface area contributed by atoms with Crippen LogP contribution in [0.5, 0.6) is 0 Å². The van der Waals surface area contributed by atoms with Crippen molar-refractivity contribution in [2.75, 3.05) is 7.11 Å². The highest BCUT2D eigenvalue weighted by atomic mass is 79.9. The first-order valence-corrected chi connectivity index (χ1v) is 4.53. The lowest BCUT2D eigenvalue weighted by Crippen LogP contribution is -2.05. The quantitative estimate of drug-likeness (QED) is 0.593. The van der Waals surface area contributed by atoms with Gasteiger partial charge >= 0.3 is 5.97 Å². The van der Waals surface area contributed by atoms with Gasteiger partial charge in [0.05, 0.1) is 12.7 Å². The van der Waals surface area contributed by atoms with E-state index in [9.17, 15) is 9.18 Å². The molecule has 1 unspecified atom stereocenters. The second kappa shape index (κ2) is 4.37. The van der Waals surface area contributed by atoms with Crippen molar-refractivity contribution in [3.8, 4) is 0 Å². The number of esters is 1. The Hall–Kier alpha value is -0.900. The zero-order chi connectivity index (χ0) is 9.84. The van der Waals surface area contributed by atoms with E-state index in [1.54, 1.807) is 12.1 Å². The maximum Gasteiger partial charge on any atom is 0.338 e. The first-order chi connectivity index (χ1) is 6.16. The Labute approximate surface area is 83.8 Å². The molecule has 13 heavy (non-hydrogen) atoms. The number of rotatable bonds is 2. The molecule has 0 fully saturated rings. The molecule has 1 rings (SSSR count). The summed E-state index contributed by atoms with van der Waals surface area (Å²) < 4.78 is 17.4. The van der Waals surface area contributed by atoms with Gasteiger partial charge in [-0.25, -0.2) is 9.18 Å². The van der Waals surface area contributed by atoms with Crippen molar-refractivity contribution in [3.05, 3.63) is 35.4 Å². The summed E-state index contributed by atoms with van der Waals surface area (Å²) in [4.78, 5) is 11.1. The Kier molecular flexibility index (Phi) is 3.42. The molecular weight excluding hydrogens is 239 g/mol. The van der Waals surface area contributed by atoms with Crippen molar-refractivity contribution < 1.29 is 13.9 Å². The van der Waals surface area contributed by atoms with E-state index in [0.717, 1.165) is 0 Å². The van der Waals surface area contributed by atoms with Crippen LogP contribution in [0.2, 0.25) is 0 Å². The highest BCUT2D eigenvalue weighted by Gasteiger charge is 2.15. The number of carbonyl (C=O) groups excluding carboxylic acids is 1. The molecule has 0 aliphatic rings. The minimum atomic E-state index is -1.34. The van der Waals surface area contributed by atoms with Gasteiger partial charge in [0.25, 0.3) is 0 Å². The fraction of sp³-hybridized carbons (Fsp3) is 0.222. The minimum Gasteiger partial charge on any atom is -0.465 e. The minimum absolute atomic E-state index is 0.245. The lowest BCUT2D eigenvalue weighted by Gasteiger charge is -2.06. The third-order valence-electron chi connectivity index (χ3n) is 1.60. The van der Waals surface area contributed by atoms with E-state index in [2.05, 4.69) is 20.7 Å². The third-order valence-corrected chi connectivity index (χ3v) is 2.09. The highest BCUT2D eigenvalue weighted by Crippen LogP contribution is 2.27. The maximum atomic E-state index is 12.9. The zero-order valence-corrected chi connectivity index (χ0v) is 8.55. The number of alkyl halides is 2. The Morgan fingerprint density at radius 3 is 2.69 bits per heavy atom. The standard InChI is InChI=1S/C9H8BrFO2/c1-13-9(12)7-5-3-2-4-6(7)8(10)11/h2-5,8H,1H3. The average Bonchev–Trinajstić information content (AvgIpc) is 2.16. The summed E-state index contributed by atoms with van der Waals surface area (Å²) in [5.41, 5.74) is 0.531.